The molecule has 3 nitrogen and oxygen atoms in total. The second kappa shape index (κ2) is 23.6. The van der Waals surface area contributed by atoms with Crippen LogP contribution in [0.4, 0.5) is 0 Å². The van der Waals surface area contributed by atoms with Gasteiger partial charge in [-0.25, -0.2) is 0 Å². The molecule has 0 N–H and O–H groups in total. The molecule has 0 spiro atoms. The molecular formula is C59H70N2OS7. The van der Waals surface area contributed by atoms with Crippen molar-refractivity contribution in [3.05, 3.63) is 87.8 Å². The van der Waals surface area contributed by atoms with E-state index in [0.29, 0.717) is 11.8 Å². The average Bonchev–Trinajstić information content (AvgIpc) is 4.21. The van der Waals surface area contributed by atoms with Gasteiger partial charge in [-0.15, -0.1) is 68.0 Å². The molecule has 0 amide bonds. The summed E-state index contributed by atoms with van der Waals surface area (Å²) in [5.41, 5.74) is 8.64. The maximum Gasteiger partial charge on any atom is 0.128 e. The lowest BCUT2D eigenvalue weighted by Crippen LogP contribution is -2.06. The SMILES string of the molecule is CCCCCCCCOc1c(C)c(-c2ccc(-c3ccc(-c4cc5c(CC(CC)CCCC)c6sc(-c7ccc(-c8ccc(C)s8)s7)cc6c(CC(CC)CCCC)c5s4)s3)s2)c2nsnc2c1C. The van der Waals surface area contributed by atoms with E-state index in [1.54, 1.807) is 15.8 Å². The Balaban J connectivity index is 1.09. The lowest BCUT2D eigenvalue weighted by molar-refractivity contribution is 0.301. The topological polar surface area (TPSA) is 35.0 Å². The molecule has 0 aliphatic rings. The molecule has 0 aliphatic carbocycles. The van der Waals surface area contributed by atoms with E-state index in [2.05, 4.69) is 139 Å². The number of benzene rings is 2. The molecule has 10 heteroatoms. The van der Waals surface area contributed by atoms with Crippen molar-refractivity contribution in [2.24, 2.45) is 11.8 Å². The van der Waals surface area contributed by atoms with Crippen LogP contribution in [0.2, 0.25) is 0 Å². The molecule has 364 valence electrons. The molecule has 0 saturated heterocycles. The molecule has 7 aromatic heterocycles. The smallest absolute Gasteiger partial charge is 0.128 e. The largest absolute Gasteiger partial charge is 0.493 e. The highest BCUT2D eigenvalue weighted by molar-refractivity contribution is 7.30. The third kappa shape index (κ3) is 11.1. The minimum Gasteiger partial charge on any atom is -0.493 e. The van der Waals surface area contributed by atoms with Crippen LogP contribution in [0.5, 0.6) is 5.75 Å². The van der Waals surface area contributed by atoms with E-state index in [9.17, 15) is 0 Å². The number of rotatable bonds is 25. The van der Waals surface area contributed by atoms with Crippen molar-refractivity contribution >= 4 is 111 Å². The summed E-state index contributed by atoms with van der Waals surface area (Å²) in [6.07, 6.45) is 20.0. The van der Waals surface area contributed by atoms with Gasteiger partial charge in [0.1, 0.15) is 16.8 Å². The second-order valence-corrected chi connectivity index (χ2v) is 26.5. The summed E-state index contributed by atoms with van der Waals surface area (Å²) in [6, 6.07) is 23.9. The van der Waals surface area contributed by atoms with Gasteiger partial charge in [0.2, 0.25) is 0 Å². The molecule has 2 atom stereocenters. The predicted molar refractivity (Wildman–Crippen MR) is 314 cm³/mol. The number of aryl methyl sites for hydroxylation is 2. The molecule has 7 heterocycles. The molecule has 0 bridgehead atoms. The summed E-state index contributed by atoms with van der Waals surface area (Å²) in [6.45, 7) is 19.1. The Bertz CT molecular complexity index is 3030. The van der Waals surface area contributed by atoms with Crippen LogP contribution in [0.1, 0.15) is 152 Å². The lowest BCUT2D eigenvalue weighted by Gasteiger charge is -2.20. The maximum absolute atomic E-state index is 6.60. The number of nitrogens with zero attached hydrogens (tertiary/aromatic N) is 2. The van der Waals surface area contributed by atoms with Gasteiger partial charge in [-0.3, -0.25) is 0 Å². The summed E-state index contributed by atoms with van der Waals surface area (Å²) >= 11 is 13.2. The molecule has 2 aromatic carbocycles. The highest BCUT2D eigenvalue weighted by Crippen LogP contribution is 2.51. The Labute approximate surface area is 440 Å². The highest BCUT2D eigenvalue weighted by atomic mass is 32.1. The van der Waals surface area contributed by atoms with Crippen molar-refractivity contribution in [2.45, 2.75) is 158 Å². The van der Waals surface area contributed by atoms with Gasteiger partial charge in [0, 0.05) is 74.9 Å². The summed E-state index contributed by atoms with van der Waals surface area (Å²) < 4.78 is 19.3. The van der Waals surface area contributed by atoms with Gasteiger partial charge in [-0.05, 0) is 134 Å². The molecule has 0 fully saturated rings. The van der Waals surface area contributed by atoms with Crippen LogP contribution in [-0.2, 0) is 12.8 Å². The van der Waals surface area contributed by atoms with E-state index >= 15 is 0 Å². The zero-order valence-corrected chi connectivity index (χ0v) is 47.8. The summed E-state index contributed by atoms with van der Waals surface area (Å²) in [5, 5.41) is 3.05. The van der Waals surface area contributed by atoms with Gasteiger partial charge < -0.3 is 4.74 Å². The number of fused-ring (bicyclic) bond motifs is 3. The fourth-order valence-corrected chi connectivity index (χ4v) is 17.7. The number of ether oxygens (including phenoxy) is 1. The summed E-state index contributed by atoms with van der Waals surface area (Å²) in [5.74, 6) is 2.35. The van der Waals surface area contributed by atoms with Gasteiger partial charge in [-0.1, -0.05) is 118 Å². The van der Waals surface area contributed by atoms with E-state index in [4.69, 9.17) is 13.5 Å². The van der Waals surface area contributed by atoms with Gasteiger partial charge in [-0.2, -0.15) is 8.75 Å². The first-order chi connectivity index (χ1) is 33.7. The zero-order chi connectivity index (χ0) is 48.0. The average molecular weight is 1050 g/mol. The van der Waals surface area contributed by atoms with E-state index in [1.165, 1.54) is 171 Å². The normalized spacial score (nSPS) is 12.9. The number of thiophene rings is 6. The Hall–Kier alpha value is -3.22. The number of hydrogen-bond acceptors (Lipinski definition) is 10. The first kappa shape index (κ1) is 50.7. The molecule has 0 saturated carbocycles. The van der Waals surface area contributed by atoms with Crippen LogP contribution in [0.25, 0.3) is 80.7 Å². The van der Waals surface area contributed by atoms with E-state index in [-0.39, 0.29) is 0 Å². The van der Waals surface area contributed by atoms with Crippen LogP contribution in [0.15, 0.2) is 60.7 Å². The van der Waals surface area contributed by atoms with Gasteiger partial charge in [0.25, 0.3) is 0 Å². The number of hydrogen-bond donors (Lipinski definition) is 0. The fraction of sp³-hybridized carbons (Fsp3) is 0.458. The molecule has 0 radical (unpaired) electrons. The number of aromatic nitrogens is 2. The Morgan fingerprint density at radius 1 is 0.464 bits per heavy atom. The summed E-state index contributed by atoms with van der Waals surface area (Å²) in [7, 11) is 0. The van der Waals surface area contributed by atoms with Crippen molar-refractivity contribution in [1.29, 1.82) is 0 Å². The fourth-order valence-electron chi connectivity index (χ4n) is 10.3. The minimum absolute atomic E-state index is 0.683. The number of unbranched alkanes of at least 4 members (excludes halogenated alkanes) is 7. The van der Waals surface area contributed by atoms with Gasteiger partial charge in [0.15, 0.2) is 0 Å². The van der Waals surface area contributed by atoms with E-state index in [0.717, 1.165) is 48.2 Å². The standard InChI is InChI=1S/C59H70N2OS7/c1-9-14-17-18-19-20-31-62-57-37(7)54(56-55(38(57)8)60-69-61-56)51-30-29-48(66-51)47-26-28-50(65-47)53-35-44-42(33-40(13-5)22-16-11-3)58-43(41(59(44)68-53)32-39(12-4)21-15-10-2)34-52(67-58)49-27-25-46(64-49)45-24-23-36(6)63-45/h23-30,34-35,39-40H,9-22,31-33H2,1-8H3. The highest BCUT2D eigenvalue weighted by Gasteiger charge is 2.26. The van der Waals surface area contributed by atoms with E-state index in [1.807, 2.05) is 45.3 Å². The lowest BCUT2D eigenvalue weighted by atomic mass is 9.86. The first-order valence-corrected chi connectivity index (χ1v) is 31.6. The Kier molecular flexibility index (Phi) is 17.3. The van der Waals surface area contributed by atoms with Crippen LogP contribution >= 0.6 is 79.7 Å². The van der Waals surface area contributed by atoms with Crippen molar-refractivity contribution < 1.29 is 4.74 Å². The molecule has 9 aromatic rings. The van der Waals surface area contributed by atoms with Crippen molar-refractivity contribution in [1.82, 2.24) is 8.75 Å². The van der Waals surface area contributed by atoms with Crippen LogP contribution in [0.3, 0.4) is 0 Å². The Morgan fingerprint density at radius 3 is 1.45 bits per heavy atom. The Morgan fingerprint density at radius 2 is 0.928 bits per heavy atom. The molecular weight excluding hydrogens is 977 g/mol. The van der Waals surface area contributed by atoms with Crippen molar-refractivity contribution in [3.8, 4) is 55.2 Å². The van der Waals surface area contributed by atoms with Crippen molar-refractivity contribution in [2.75, 3.05) is 6.61 Å². The maximum atomic E-state index is 6.60. The summed E-state index contributed by atoms with van der Waals surface area (Å²) in [4.78, 5) is 13.6. The van der Waals surface area contributed by atoms with Crippen LogP contribution in [0, 0.1) is 32.6 Å². The van der Waals surface area contributed by atoms with Gasteiger partial charge >= 0.3 is 0 Å². The molecule has 2 unspecified atom stereocenters. The van der Waals surface area contributed by atoms with Crippen molar-refractivity contribution in [3.63, 3.8) is 0 Å². The molecule has 9 rings (SSSR count). The third-order valence-corrected chi connectivity index (χ3v) is 22.4. The second-order valence-electron chi connectivity index (χ2n) is 19.3. The van der Waals surface area contributed by atoms with E-state index < -0.39 is 0 Å². The third-order valence-electron chi connectivity index (χ3n) is 14.4. The first-order valence-electron chi connectivity index (χ1n) is 26.0. The van der Waals surface area contributed by atoms with Crippen LogP contribution in [-0.4, -0.2) is 15.4 Å². The zero-order valence-electron chi connectivity index (χ0n) is 42.1. The molecule has 69 heavy (non-hydrogen) atoms. The van der Waals surface area contributed by atoms with Gasteiger partial charge in [0.05, 0.1) is 18.3 Å². The minimum atomic E-state index is 0.683. The quantitative estimate of drug-likeness (QED) is 0.0535. The predicted octanol–water partition coefficient (Wildman–Crippen LogP) is 21.9. The molecule has 0 aliphatic heterocycles. The monoisotopic (exact) mass is 1050 g/mol. The van der Waals surface area contributed by atoms with Crippen LogP contribution < -0.4 is 4.74 Å².